The Hall–Kier alpha value is -2.74. The number of fused-ring (bicyclic) bond motifs is 2. The van der Waals surface area contributed by atoms with Crippen molar-refractivity contribution in [2.45, 2.75) is 59.3 Å². The first-order valence-corrected chi connectivity index (χ1v) is 10.9. The maximum Gasteiger partial charge on any atom is 0.190 e. The number of Topliss-reactive ketones (excluding diaryl/α,β-unsaturated/α-hetero) is 2. The standard InChI is InChI=1S/C23H18O2.2C2H6/c24-19-12-6-9-15-13-18-16-10-4-5-11-17(16)23(25)22(18)21(20(15)19)14-7-2-1-3-8-14;2*1-2/h1-5,7-8,10-11,21H,6,9,12-13H2;2*1-2H3. The van der Waals surface area contributed by atoms with Crippen LogP contribution < -0.4 is 0 Å². The van der Waals surface area contributed by atoms with Gasteiger partial charge in [-0.15, -0.1) is 0 Å². The Bertz CT molecular complexity index is 977. The van der Waals surface area contributed by atoms with Gasteiger partial charge in [0.25, 0.3) is 0 Å². The molecule has 3 aliphatic rings. The molecule has 0 N–H and O–H groups in total. The monoisotopic (exact) mass is 386 g/mol. The Kier molecular flexibility index (Phi) is 6.64. The number of hydrogen-bond acceptors (Lipinski definition) is 2. The number of carbonyl (C=O) groups excluding carboxylic acids is 2. The van der Waals surface area contributed by atoms with Gasteiger partial charge in [0.05, 0.1) is 0 Å². The number of benzene rings is 2. The largest absolute Gasteiger partial charge is 0.295 e. The predicted molar refractivity (Wildman–Crippen MR) is 120 cm³/mol. The molecule has 0 radical (unpaired) electrons. The van der Waals surface area contributed by atoms with Crippen LogP contribution in [-0.4, -0.2) is 11.6 Å². The molecule has 1 unspecified atom stereocenters. The minimum Gasteiger partial charge on any atom is -0.295 e. The van der Waals surface area contributed by atoms with Crippen molar-refractivity contribution in [2.24, 2.45) is 0 Å². The van der Waals surface area contributed by atoms with Gasteiger partial charge in [-0.2, -0.15) is 0 Å². The smallest absolute Gasteiger partial charge is 0.190 e. The first-order chi connectivity index (χ1) is 14.3. The van der Waals surface area contributed by atoms with Gasteiger partial charge in [-0.3, -0.25) is 9.59 Å². The molecule has 0 fully saturated rings. The molecule has 2 aromatic carbocycles. The van der Waals surface area contributed by atoms with Crippen molar-refractivity contribution in [3.05, 3.63) is 88.0 Å². The van der Waals surface area contributed by atoms with Crippen LogP contribution in [0, 0.1) is 0 Å². The molecule has 5 rings (SSSR count). The highest BCUT2D eigenvalue weighted by molar-refractivity contribution is 6.23. The van der Waals surface area contributed by atoms with Crippen LogP contribution in [0.3, 0.4) is 0 Å². The van der Waals surface area contributed by atoms with Crippen molar-refractivity contribution in [3.63, 3.8) is 0 Å². The van der Waals surface area contributed by atoms with Gasteiger partial charge in [0.15, 0.2) is 11.6 Å². The van der Waals surface area contributed by atoms with Crippen LogP contribution in [0.15, 0.2) is 71.3 Å². The summed E-state index contributed by atoms with van der Waals surface area (Å²) in [5.74, 6) is 0.127. The Morgan fingerprint density at radius 3 is 2.03 bits per heavy atom. The van der Waals surface area contributed by atoms with Gasteiger partial charge in [-0.05, 0) is 36.0 Å². The summed E-state index contributed by atoms with van der Waals surface area (Å²) in [6.45, 7) is 8.00. The van der Waals surface area contributed by atoms with Crippen LogP contribution in [0.1, 0.15) is 80.8 Å². The molecule has 0 saturated carbocycles. The maximum absolute atomic E-state index is 13.2. The molecule has 0 bridgehead atoms. The molecule has 0 aliphatic heterocycles. The van der Waals surface area contributed by atoms with E-state index < -0.39 is 0 Å². The number of carbonyl (C=O) groups is 2. The minimum absolute atomic E-state index is 0.101. The lowest BCUT2D eigenvalue weighted by molar-refractivity contribution is -0.116. The number of allylic oxidation sites excluding steroid dienone is 4. The summed E-state index contributed by atoms with van der Waals surface area (Å²) < 4.78 is 0. The van der Waals surface area contributed by atoms with E-state index in [4.69, 9.17) is 0 Å². The van der Waals surface area contributed by atoms with E-state index in [2.05, 4.69) is 0 Å². The van der Waals surface area contributed by atoms with E-state index in [0.717, 1.165) is 52.7 Å². The molecule has 3 aliphatic carbocycles. The Morgan fingerprint density at radius 2 is 1.34 bits per heavy atom. The summed E-state index contributed by atoms with van der Waals surface area (Å²) in [6, 6.07) is 17.9. The molecule has 2 nitrogen and oxygen atoms in total. The molecule has 2 heteroatoms. The molecule has 0 spiro atoms. The van der Waals surface area contributed by atoms with Crippen molar-refractivity contribution in [1.82, 2.24) is 0 Å². The summed E-state index contributed by atoms with van der Waals surface area (Å²) in [5.41, 5.74) is 7.03. The van der Waals surface area contributed by atoms with Gasteiger partial charge in [0.2, 0.25) is 0 Å². The second-order valence-corrected chi connectivity index (χ2v) is 7.08. The fraction of sp³-hybridized carbons (Fsp3) is 0.333. The highest BCUT2D eigenvalue weighted by Gasteiger charge is 2.43. The second-order valence-electron chi connectivity index (χ2n) is 7.08. The summed E-state index contributed by atoms with van der Waals surface area (Å²) >= 11 is 0. The zero-order chi connectivity index (χ0) is 21.0. The summed E-state index contributed by atoms with van der Waals surface area (Å²) in [6.07, 6.45) is 3.25. The summed E-state index contributed by atoms with van der Waals surface area (Å²) in [7, 11) is 0. The molecule has 0 heterocycles. The fourth-order valence-electron chi connectivity index (χ4n) is 4.68. The van der Waals surface area contributed by atoms with Crippen LogP contribution in [0.2, 0.25) is 0 Å². The molecule has 150 valence electrons. The average Bonchev–Trinajstić information content (AvgIpc) is 3.08. The van der Waals surface area contributed by atoms with Crippen LogP contribution in [0.25, 0.3) is 5.57 Å². The Balaban J connectivity index is 0.000000568. The number of rotatable bonds is 1. The van der Waals surface area contributed by atoms with E-state index in [9.17, 15) is 9.59 Å². The van der Waals surface area contributed by atoms with Gasteiger partial charge in [0.1, 0.15) is 0 Å². The topological polar surface area (TPSA) is 34.1 Å². The quantitative estimate of drug-likeness (QED) is 0.533. The van der Waals surface area contributed by atoms with Crippen molar-refractivity contribution in [2.75, 3.05) is 0 Å². The molecule has 2 aromatic rings. The molecule has 0 saturated heterocycles. The van der Waals surface area contributed by atoms with Crippen molar-refractivity contribution in [1.29, 1.82) is 0 Å². The van der Waals surface area contributed by atoms with E-state index in [1.165, 1.54) is 5.57 Å². The second kappa shape index (κ2) is 9.17. The van der Waals surface area contributed by atoms with E-state index in [1.807, 2.05) is 82.3 Å². The van der Waals surface area contributed by atoms with Crippen LogP contribution in [-0.2, 0) is 4.79 Å². The fourth-order valence-corrected chi connectivity index (χ4v) is 4.68. The van der Waals surface area contributed by atoms with Gasteiger partial charge >= 0.3 is 0 Å². The SMILES string of the molecule is CC.CC.O=C1CCCC2=C1C(c1ccccc1)C1=C(C2)c2ccccc2C1=O. The minimum atomic E-state index is -0.201. The lowest BCUT2D eigenvalue weighted by atomic mass is 9.69. The first-order valence-electron chi connectivity index (χ1n) is 10.9. The van der Waals surface area contributed by atoms with Gasteiger partial charge < -0.3 is 0 Å². The third-order valence-corrected chi connectivity index (χ3v) is 5.73. The molecule has 1 atom stereocenters. The molecular formula is C27H30O2. The zero-order valence-corrected chi connectivity index (χ0v) is 17.9. The lowest BCUT2D eigenvalue weighted by Crippen LogP contribution is -2.25. The normalized spacial score (nSPS) is 19.4. The van der Waals surface area contributed by atoms with Crippen molar-refractivity contribution >= 4 is 17.1 Å². The molecule has 29 heavy (non-hydrogen) atoms. The van der Waals surface area contributed by atoms with Gasteiger partial charge in [-0.1, -0.05) is 87.9 Å². The Labute approximate surface area is 174 Å². The van der Waals surface area contributed by atoms with Crippen molar-refractivity contribution < 1.29 is 9.59 Å². The average molecular weight is 387 g/mol. The van der Waals surface area contributed by atoms with Gasteiger partial charge in [-0.25, -0.2) is 0 Å². The summed E-state index contributed by atoms with van der Waals surface area (Å²) in [5, 5.41) is 0. The third-order valence-electron chi connectivity index (χ3n) is 5.73. The van der Waals surface area contributed by atoms with E-state index in [-0.39, 0.29) is 17.5 Å². The predicted octanol–water partition coefficient (Wildman–Crippen LogP) is 6.93. The summed E-state index contributed by atoms with van der Waals surface area (Å²) in [4.78, 5) is 26.0. The maximum atomic E-state index is 13.2. The zero-order valence-electron chi connectivity index (χ0n) is 17.9. The van der Waals surface area contributed by atoms with Crippen LogP contribution in [0.5, 0.6) is 0 Å². The highest BCUT2D eigenvalue weighted by Crippen LogP contribution is 2.52. The highest BCUT2D eigenvalue weighted by atomic mass is 16.1. The van der Waals surface area contributed by atoms with Crippen LogP contribution >= 0.6 is 0 Å². The van der Waals surface area contributed by atoms with Crippen LogP contribution in [0.4, 0.5) is 0 Å². The first kappa shape index (κ1) is 21.0. The van der Waals surface area contributed by atoms with E-state index >= 15 is 0 Å². The molecule has 0 aromatic heterocycles. The molecule has 0 amide bonds. The number of ketones is 2. The Morgan fingerprint density at radius 1 is 0.724 bits per heavy atom. The van der Waals surface area contributed by atoms with Gasteiger partial charge in [0, 0.05) is 29.0 Å². The van der Waals surface area contributed by atoms with Crippen molar-refractivity contribution in [3.8, 4) is 0 Å². The molecular weight excluding hydrogens is 356 g/mol. The van der Waals surface area contributed by atoms with E-state index in [1.54, 1.807) is 0 Å². The third kappa shape index (κ3) is 3.53. The lowest BCUT2D eigenvalue weighted by Gasteiger charge is -2.32. The van der Waals surface area contributed by atoms with E-state index in [0.29, 0.717) is 6.42 Å². The number of hydrogen-bond donors (Lipinski definition) is 0.